The lowest BCUT2D eigenvalue weighted by Gasteiger charge is -2.32. The molecule has 0 spiro atoms. The Morgan fingerprint density at radius 1 is 1.22 bits per heavy atom. The fourth-order valence-corrected chi connectivity index (χ4v) is 2.90. The summed E-state index contributed by atoms with van der Waals surface area (Å²) in [6, 6.07) is 1.45. The quantitative estimate of drug-likeness (QED) is 0.851. The van der Waals surface area contributed by atoms with Gasteiger partial charge in [0.15, 0.2) is 0 Å². The summed E-state index contributed by atoms with van der Waals surface area (Å²) in [5, 5.41) is 5.75. The van der Waals surface area contributed by atoms with Gasteiger partial charge in [-0.15, -0.1) is 0 Å². The van der Waals surface area contributed by atoms with Crippen LogP contribution in [0.15, 0.2) is 12.1 Å². The number of urea groups is 1. The molecule has 124 valence electrons. The first-order valence-electron chi connectivity index (χ1n) is 7.54. The summed E-state index contributed by atoms with van der Waals surface area (Å²) >= 11 is 0. The highest BCUT2D eigenvalue weighted by atomic mass is 19.1. The summed E-state index contributed by atoms with van der Waals surface area (Å²) in [5.74, 6) is -2.26. The van der Waals surface area contributed by atoms with Crippen molar-refractivity contribution in [3.63, 3.8) is 0 Å². The van der Waals surface area contributed by atoms with Gasteiger partial charge in [-0.1, -0.05) is 0 Å². The lowest BCUT2D eigenvalue weighted by atomic mass is 10.1. The summed E-state index contributed by atoms with van der Waals surface area (Å²) in [7, 11) is 0. The molecule has 0 aliphatic carbocycles. The summed E-state index contributed by atoms with van der Waals surface area (Å²) < 4.78 is 28.1. The molecule has 2 fully saturated rings. The standard InChI is InChI=1S/C15H18F2N4O2/c1-9-8-20(4-2-18-9)14(22)10-6-13(12(17)7-11(10)16)21-5-3-19-15(21)23/h6-7,9,18H,2-5,8H2,1H3,(H,19,23). The number of anilines is 1. The molecule has 0 saturated carbocycles. The smallest absolute Gasteiger partial charge is 0.322 e. The van der Waals surface area contributed by atoms with E-state index in [4.69, 9.17) is 0 Å². The van der Waals surface area contributed by atoms with E-state index < -0.39 is 23.6 Å². The van der Waals surface area contributed by atoms with E-state index >= 15 is 0 Å². The van der Waals surface area contributed by atoms with Gasteiger partial charge in [0.25, 0.3) is 5.91 Å². The van der Waals surface area contributed by atoms with Gasteiger partial charge in [0.1, 0.15) is 11.6 Å². The number of carbonyl (C=O) groups is 2. The van der Waals surface area contributed by atoms with Crippen molar-refractivity contribution in [2.24, 2.45) is 0 Å². The zero-order valence-electron chi connectivity index (χ0n) is 12.7. The Hall–Kier alpha value is -2.22. The topological polar surface area (TPSA) is 64.7 Å². The molecule has 2 aliphatic heterocycles. The molecule has 0 bridgehead atoms. The van der Waals surface area contributed by atoms with E-state index in [1.165, 1.54) is 9.80 Å². The maximum Gasteiger partial charge on any atom is 0.322 e. The Morgan fingerprint density at radius 3 is 2.65 bits per heavy atom. The maximum atomic E-state index is 14.1. The third kappa shape index (κ3) is 2.98. The third-order valence-electron chi connectivity index (χ3n) is 4.07. The minimum absolute atomic E-state index is 0.0760. The normalized spacial score (nSPS) is 21.5. The second kappa shape index (κ2) is 6.11. The fourth-order valence-electron chi connectivity index (χ4n) is 2.90. The van der Waals surface area contributed by atoms with Gasteiger partial charge in [-0.25, -0.2) is 13.6 Å². The molecule has 0 radical (unpaired) electrons. The highest BCUT2D eigenvalue weighted by Crippen LogP contribution is 2.26. The molecule has 1 unspecified atom stereocenters. The number of nitrogens with one attached hydrogen (secondary N) is 2. The van der Waals surface area contributed by atoms with E-state index in [0.717, 1.165) is 6.07 Å². The molecular weight excluding hydrogens is 306 g/mol. The molecule has 3 rings (SSSR count). The second-order valence-corrected chi connectivity index (χ2v) is 5.77. The average Bonchev–Trinajstić information content (AvgIpc) is 2.93. The van der Waals surface area contributed by atoms with E-state index in [2.05, 4.69) is 10.6 Å². The Bertz CT molecular complexity index is 653. The molecular formula is C15H18F2N4O2. The lowest BCUT2D eigenvalue weighted by Crippen LogP contribution is -2.51. The van der Waals surface area contributed by atoms with Crippen molar-refractivity contribution in [1.82, 2.24) is 15.5 Å². The van der Waals surface area contributed by atoms with Gasteiger partial charge < -0.3 is 15.5 Å². The Labute approximate surface area is 132 Å². The molecule has 6 nitrogen and oxygen atoms in total. The van der Waals surface area contributed by atoms with Crippen LogP contribution >= 0.6 is 0 Å². The van der Waals surface area contributed by atoms with E-state index in [1.807, 2.05) is 6.92 Å². The number of carbonyl (C=O) groups excluding carboxylic acids is 2. The van der Waals surface area contributed by atoms with Crippen LogP contribution < -0.4 is 15.5 Å². The molecule has 1 aromatic carbocycles. The van der Waals surface area contributed by atoms with Crippen LogP contribution in [-0.2, 0) is 0 Å². The molecule has 3 amide bonds. The van der Waals surface area contributed by atoms with Gasteiger partial charge in [-0.3, -0.25) is 9.69 Å². The first-order valence-corrected chi connectivity index (χ1v) is 7.54. The molecule has 23 heavy (non-hydrogen) atoms. The number of hydrogen-bond acceptors (Lipinski definition) is 3. The Kier molecular flexibility index (Phi) is 4.16. The van der Waals surface area contributed by atoms with Crippen molar-refractivity contribution < 1.29 is 18.4 Å². The molecule has 2 heterocycles. The molecule has 2 N–H and O–H groups in total. The number of benzene rings is 1. The average molecular weight is 324 g/mol. The molecule has 2 saturated heterocycles. The predicted octanol–water partition coefficient (Wildman–Crippen LogP) is 0.928. The van der Waals surface area contributed by atoms with Crippen molar-refractivity contribution >= 4 is 17.6 Å². The van der Waals surface area contributed by atoms with Crippen molar-refractivity contribution in [2.45, 2.75) is 13.0 Å². The number of halogens is 2. The van der Waals surface area contributed by atoms with E-state index in [0.29, 0.717) is 32.2 Å². The lowest BCUT2D eigenvalue weighted by molar-refractivity contribution is 0.0704. The monoisotopic (exact) mass is 324 g/mol. The van der Waals surface area contributed by atoms with Gasteiger partial charge >= 0.3 is 6.03 Å². The highest BCUT2D eigenvalue weighted by Gasteiger charge is 2.29. The summed E-state index contributed by atoms with van der Waals surface area (Å²) in [5.41, 5.74) is -0.289. The maximum absolute atomic E-state index is 14.1. The van der Waals surface area contributed by atoms with Gasteiger partial charge in [0.05, 0.1) is 11.3 Å². The number of piperazine rings is 1. The molecule has 0 aromatic heterocycles. The van der Waals surface area contributed by atoms with E-state index in [9.17, 15) is 18.4 Å². The number of nitrogens with zero attached hydrogens (tertiary/aromatic N) is 2. The van der Waals surface area contributed by atoms with Crippen LogP contribution in [0.2, 0.25) is 0 Å². The second-order valence-electron chi connectivity index (χ2n) is 5.77. The van der Waals surface area contributed by atoms with Gasteiger partial charge in [0, 0.05) is 44.8 Å². The minimum atomic E-state index is -0.915. The summed E-state index contributed by atoms with van der Waals surface area (Å²) in [4.78, 5) is 26.9. The van der Waals surface area contributed by atoms with Gasteiger partial charge in [-0.2, -0.15) is 0 Å². The zero-order valence-corrected chi connectivity index (χ0v) is 12.7. The first-order chi connectivity index (χ1) is 11.0. The summed E-state index contributed by atoms with van der Waals surface area (Å²) in [6.45, 7) is 4.13. The van der Waals surface area contributed by atoms with E-state index in [1.54, 1.807) is 0 Å². The molecule has 1 aromatic rings. The van der Waals surface area contributed by atoms with Crippen molar-refractivity contribution in [2.75, 3.05) is 37.6 Å². The van der Waals surface area contributed by atoms with Crippen molar-refractivity contribution in [1.29, 1.82) is 0 Å². The van der Waals surface area contributed by atoms with Crippen molar-refractivity contribution in [3.05, 3.63) is 29.3 Å². The number of hydrogen-bond donors (Lipinski definition) is 2. The van der Waals surface area contributed by atoms with Crippen molar-refractivity contribution in [3.8, 4) is 0 Å². The van der Waals surface area contributed by atoms with Crippen LogP contribution in [0, 0.1) is 11.6 Å². The van der Waals surface area contributed by atoms with Crippen LogP contribution in [0.1, 0.15) is 17.3 Å². The Balaban J connectivity index is 1.92. The minimum Gasteiger partial charge on any atom is -0.336 e. The van der Waals surface area contributed by atoms with E-state index in [-0.39, 0.29) is 23.8 Å². The van der Waals surface area contributed by atoms with Crippen LogP contribution in [-0.4, -0.2) is 55.6 Å². The molecule has 1 atom stereocenters. The highest BCUT2D eigenvalue weighted by molar-refractivity contribution is 5.98. The SMILES string of the molecule is CC1CN(C(=O)c2cc(N3CCNC3=O)c(F)cc2F)CCN1. The van der Waals surface area contributed by atoms with Gasteiger partial charge in [0.2, 0.25) is 0 Å². The number of rotatable bonds is 2. The molecule has 8 heteroatoms. The third-order valence-corrected chi connectivity index (χ3v) is 4.07. The van der Waals surface area contributed by atoms with Crippen LogP contribution in [0.4, 0.5) is 19.3 Å². The fraction of sp³-hybridized carbons (Fsp3) is 0.467. The van der Waals surface area contributed by atoms with Crippen LogP contribution in [0.25, 0.3) is 0 Å². The first kappa shape index (κ1) is 15.7. The Morgan fingerprint density at radius 2 is 2.00 bits per heavy atom. The van der Waals surface area contributed by atoms with Crippen LogP contribution in [0.5, 0.6) is 0 Å². The van der Waals surface area contributed by atoms with Crippen LogP contribution in [0.3, 0.4) is 0 Å². The molecule has 2 aliphatic rings. The zero-order chi connectivity index (χ0) is 16.6. The predicted molar refractivity (Wildman–Crippen MR) is 80.5 cm³/mol. The largest absolute Gasteiger partial charge is 0.336 e. The van der Waals surface area contributed by atoms with Gasteiger partial charge in [-0.05, 0) is 13.0 Å². The summed E-state index contributed by atoms with van der Waals surface area (Å²) in [6.07, 6.45) is 0. The number of amides is 3.